The molecule has 0 radical (unpaired) electrons. The number of carbonyl (C=O) groups is 1. The molecule has 0 spiro atoms. The highest BCUT2D eigenvalue weighted by molar-refractivity contribution is 7.99. The molecule has 1 N–H and O–H groups in total. The van der Waals surface area contributed by atoms with Crippen LogP contribution in [0.15, 0.2) is 24.3 Å². The van der Waals surface area contributed by atoms with Crippen molar-refractivity contribution < 1.29 is 9.90 Å². The lowest BCUT2D eigenvalue weighted by Gasteiger charge is -2.15. The van der Waals surface area contributed by atoms with E-state index in [9.17, 15) is 4.79 Å². The van der Waals surface area contributed by atoms with Crippen LogP contribution in [0, 0.1) is 5.92 Å². The number of carboxylic acids is 1. The van der Waals surface area contributed by atoms with Crippen LogP contribution in [-0.4, -0.2) is 16.8 Å². The van der Waals surface area contributed by atoms with Gasteiger partial charge in [-0.25, -0.2) is 0 Å². The number of benzene rings is 1. The number of rotatable bonds is 2. The summed E-state index contributed by atoms with van der Waals surface area (Å²) in [5, 5.41) is 9.83. The molecule has 0 bridgehead atoms. The van der Waals surface area contributed by atoms with Gasteiger partial charge in [0.1, 0.15) is 0 Å². The third kappa shape index (κ3) is 2.29. The summed E-state index contributed by atoms with van der Waals surface area (Å²) in [4.78, 5) is 11.0. The molecule has 2 atom stereocenters. The maximum absolute atomic E-state index is 11.0. The summed E-state index contributed by atoms with van der Waals surface area (Å²) in [6.45, 7) is 0. The first-order valence-electron chi connectivity index (χ1n) is 4.78. The van der Waals surface area contributed by atoms with E-state index < -0.39 is 5.97 Å². The second kappa shape index (κ2) is 4.45. The van der Waals surface area contributed by atoms with Gasteiger partial charge < -0.3 is 5.11 Å². The molecule has 0 aliphatic carbocycles. The second-order valence-electron chi connectivity index (χ2n) is 3.58. The summed E-state index contributed by atoms with van der Waals surface area (Å²) in [5.41, 5.74) is 1.06. The molecule has 15 heavy (non-hydrogen) atoms. The van der Waals surface area contributed by atoms with E-state index in [1.54, 1.807) is 11.8 Å². The third-order valence-electron chi connectivity index (χ3n) is 2.61. The summed E-state index contributed by atoms with van der Waals surface area (Å²) < 4.78 is 0. The van der Waals surface area contributed by atoms with Gasteiger partial charge in [-0.05, 0) is 29.9 Å². The average molecular weight is 243 g/mol. The Morgan fingerprint density at radius 2 is 2.07 bits per heavy atom. The number of thioether (sulfide) groups is 1. The van der Waals surface area contributed by atoms with Gasteiger partial charge in [0.25, 0.3) is 0 Å². The standard InChI is InChI=1S/C11H11ClO2S/c12-8-3-1-7(2-4-8)10-9(11(13)14)5-6-15-10/h1-4,9-10H,5-6H2,(H,13,14). The van der Waals surface area contributed by atoms with Gasteiger partial charge in [0.05, 0.1) is 5.92 Å². The molecule has 4 heteroatoms. The van der Waals surface area contributed by atoms with Gasteiger partial charge in [-0.15, -0.1) is 0 Å². The largest absolute Gasteiger partial charge is 0.481 e. The monoisotopic (exact) mass is 242 g/mol. The highest BCUT2D eigenvalue weighted by atomic mass is 35.5. The molecule has 80 valence electrons. The fourth-order valence-electron chi connectivity index (χ4n) is 1.82. The molecule has 1 aliphatic heterocycles. The van der Waals surface area contributed by atoms with Crippen LogP contribution in [-0.2, 0) is 4.79 Å². The zero-order chi connectivity index (χ0) is 10.8. The van der Waals surface area contributed by atoms with E-state index in [1.807, 2.05) is 24.3 Å². The SMILES string of the molecule is O=C(O)C1CCSC1c1ccc(Cl)cc1. The quantitative estimate of drug-likeness (QED) is 0.865. The minimum Gasteiger partial charge on any atom is -0.481 e. The van der Waals surface area contributed by atoms with E-state index in [2.05, 4.69) is 0 Å². The van der Waals surface area contributed by atoms with Crippen LogP contribution >= 0.6 is 23.4 Å². The molecule has 0 saturated carbocycles. The van der Waals surface area contributed by atoms with Crippen molar-refractivity contribution in [2.24, 2.45) is 5.92 Å². The van der Waals surface area contributed by atoms with E-state index in [-0.39, 0.29) is 11.2 Å². The van der Waals surface area contributed by atoms with Crippen LogP contribution in [0.25, 0.3) is 0 Å². The van der Waals surface area contributed by atoms with Crippen molar-refractivity contribution in [3.8, 4) is 0 Å². The summed E-state index contributed by atoms with van der Waals surface area (Å²) in [5.74, 6) is -0.0271. The Bertz CT molecular complexity index is 363. The van der Waals surface area contributed by atoms with Gasteiger partial charge >= 0.3 is 5.97 Å². The predicted octanol–water partition coefficient (Wildman–Crippen LogP) is 3.22. The topological polar surface area (TPSA) is 37.3 Å². The van der Waals surface area contributed by atoms with Gasteiger partial charge in [-0.1, -0.05) is 23.7 Å². The van der Waals surface area contributed by atoms with E-state index >= 15 is 0 Å². The lowest BCUT2D eigenvalue weighted by Crippen LogP contribution is -2.15. The Kier molecular flexibility index (Phi) is 3.22. The van der Waals surface area contributed by atoms with Crippen molar-refractivity contribution in [3.05, 3.63) is 34.9 Å². The van der Waals surface area contributed by atoms with Crippen molar-refractivity contribution in [2.45, 2.75) is 11.7 Å². The van der Waals surface area contributed by atoms with Gasteiger partial charge in [-0.2, -0.15) is 11.8 Å². The van der Waals surface area contributed by atoms with Crippen molar-refractivity contribution in [3.63, 3.8) is 0 Å². The Morgan fingerprint density at radius 1 is 1.40 bits per heavy atom. The molecule has 2 unspecified atom stereocenters. The first kappa shape index (κ1) is 10.8. The number of halogens is 1. The predicted molar refractivity (Wildman–Crippen MR) is 62.4 cm³/mol. The van der Waals surface area contributed by atoms with Crippen LogP contribution in [0.5, 0.6) is 0 Å². The Balaban J connectivity index is 2.22. The zero-order valence-corrected chi connectivity index (χ0v) is 9.59. The summed E-state index contributed by atoms with van der Waals surface area (Å²) in [7, 11) is 0. The van der Waals surface area contributed by atoms with Gasteiger partial charge in [-0.3, -0.25) is 4.79 Å². The maximum atomic E-state index is 11.0. The van der Waals surface area contributed by atoms with Crippen LogP contribution in [0.2, 0.25) is 5.02 Å². The third-order valence-corrected chi connectivity index (χ3v) is 4.29. The van der Waals surface area contributed by atoms with Crippen LogP contribution in [0.3, 0.4) is 0 Å². The van der Waals surface area contributed by atoms with Crippen LogP contribution in [0.1, 0.15) is 17.2 Å². The van der Waals surface area contributed by atoms with Crippen molar-refractivity contribution >= 4 is 29.3 Å². The molecule has 1 saturated heterocycles. The number of hydrogen-bond acceptors (Lipinski definition) is 2. The molecule has 1 fully saturated rings. The molecule has 2 nitrogen and oxygen atoms in total. The normalized spacial score (nSPS) is 25.4. The van der Waals surface area contributed by atoms with E-state index in [0.717, 1.165) is 17.7 Å². The molecular weight excluding hydrogens is 232 g/mol. The minimum atomic E-state index is -0.694. The summed E-state index contributed by atoms with van der Waals surface area (Å²) in [6.07, 6.45) is 0.757. The van der Waals surface area contributed by atoms with Crippen molar-refractivity contribution in [1.82, 2.24) is 0 Å². The first-order chi connectivity index (χ1) is 7.18. The Hall–Kier alpha value is -0.670. The fraction of sp³-hybridized carbons (Fsp3) is 0.364. The van der Waals surface area contributed by atoms with E-state index in [0.29, 0.717) is 5.02 Å². The number of carboxylic acid groups (broad SMARTS) is 1. The Morgan fingerprint density at radius 3 is 2.67 bits per heavy atom. The second-order valence-corrected chi connectivity index (χ2v) is 5.26. The smallest absolute Gasteiger partial charge is 0.307 e. The van der Waals surface area contributed by atoms with Crippen molar-refractivity contribution in [2.75, 3.05) is 5.75 Å². The minimum absolute atomic E-state index is 0.0831. The lowest BCUT2D eigenvalue weighted by atomic mass is 9.97. The average Bonchev–Trinajstić information content (AvgIpc) is 2.67. The number of hydrogen-bond donors (Lipinski definition) is 1. The molecule has 1 heterocycles. The fourth-order valence-corrected chi connectivity index (χ4v) is 3.43. The van der Waals surface area contributed by atoms with Crippen molar-refractivity contribution in [1.29, 1.82) is 0 Å². The molecule has 1 aromatic rings. The first-order valence-corrected chi connectivity index (χ1v) is 6.21. The molecular formula is C11H11ClO2S. The number of aliphatic carboxylic acids is 1. The molecule has 0 aromatic heterocycles. The van der Waals surface area contributed by atoms with Crippen LogP contribution < -0.4 is 0 Å². The zero-order valence-electron chi connectivity index (χ0n) is 8.02. The molecule has 1 aliphatic rings. The summed E-state index contributed by atoms with van der Waals surface area (Å²) in [6, 6.07) is 7.46. The van der Waals surface area contributed by atoms with Gasteiger partial charge in [0, 0.05) is 10.3 Å². The highest BCUT2D eigenvalue weighted by Crippen LogP contribution is 2.44. The van der Waals surface area contributed by atoms with E-state index in [1.165, 1.54) is 0 Å². The Labute approximate surface area is 97.6 Å². The molecule has 0 amide bonds. The lowest BCUT2D eigenvalue weighted by molar-refractivity contribution is -0.141. The van der Waals surface area contributed by atoms with Gasteiger partial charge in [0.2, 0.25) is 0 Å². The highest BCUT2D eigenvalue weighted by Gasteiger charge is 2.34. The maximum Gasteiger partial charge on any atom is 0.307 e. The summed E-state index contributed by atoms with van der Waals surface area (Å²) >= 11 is 7.51. The molecule has 2 rings (SSSR count). The van der Waals surface area contributed by atoms with Crippen LogP contribution in [0.4, 0.5) is 0 Å². The van der Waals surface area contributed by atoms with Gasteiger partial charge in [0.15, 0.2) is 0 Å². The van der Waals surface area contributed by atoms with E-state index in [4.69, 9.17) is 16.7 Å². The molecule has 1 aromatic carbocycles.